The summed E-state index contributed by atoms with van der Waals surface area (Å²) >= 11 is 0. The van der Waals surface area contributed by atoms with Gasteiger partial charge in [0.05, 0.1) is 6.10 Å². The lowest BCUT2D eigenvalue weighted by atomic mass is 10.2. The zero-order chi connectivity index (χ0) is 8.43. The SMILES string of the molecule is CC1CC(=O)N(C[C@@H](C)O)C1. The average Bonchev–Trinajstić information content (AvgIpc) is 2.09. The van der Waals surface area contributed by atoms with Crippen LogP contribution >= 0.6 is 0 Å². The number of aliphatic hydroxyl groups excluding tert-OH is 1. The Labute approximate surface area is 67.0 Å². The van der Waals surface area contributed by atoms with Crippen molar-refractivity contribution in [2.45, 2.75) is 26.4 Å². The van der Waals surface area contributed by atoms with Crippen molar-refractivity contribution in [2.24, 2.45) is 5.92 Å². The quantitative estimate of drug-likeness (QED) is 0.623. The summed E-state index contributed by atoms with van der Waals surface area (Å²) in [6, 6.07) is 0. The molecule has 1 aliphatic rings. The summed E-state index contributed by atoms with van der Waals surface area (Å²) in [6.07, 6.45) is 0.247. The van der Waals surface area contributed by atoms with E-state index >= 15 is 0 Å². The lowest BCUT2D eigenvalue weighted by Gasteiger charge is -2.17. The summed E-state index contributed by atoms with van der Waals surface area (Å²) in [7, 11) is 0. The first-order chi connectivity index (χ1) is 5.09. The second-order valence-corrected chi connectivity index (χ2v) is 3.46. The van der Waals surface area contributed by atoms with Crippen molar-refractivity contribution >= 4 is 5.91 Å². The van der Waals surface area contributed by atoms with Crippen LogP contribution in [0.15, 0.2) is 0 Å². The van der Waals surface area contributed by atoms with Gasteiger partial charge in [0.2, 0.25) is 5.91 Å². The first kappa shape index (κ1) is 8.53. The molecule has 1 unspecified atom stereocenters. The summed E-state index contributed by atoms with van der Waals surface area (Å²) in [5, 5.41) is 9.02. The van der Waals surface area contributed by atoms with Crippen molar-refractivity contribution in [1.82, 2.24) is 4.90 Å². The van der Waals surface area contributed by atoms with E-state index in [-0.39, 0.29) is 5.91 Å². The molecular weight excluding hydrogens is 142 g/mol. The number of hydrogen-bond acceptors (Lipinski definition) is 2. The van der Waals surface area contributed by atoms with Crippen molar-refractivity contribution in [3.05, 3.63) is 0 Å². The number of nitrogens with zero attached hydrogens (tertiary/aromatic N) is 1. The van der Waals surface area contributed by atoms with E-state index in [1.54, 1.807) is 11.8 Å². The summed E-state index contributed by atoms with van der Waals surface area (Å²) < 4.78 is 0. The highest BCUT2D eigenvalue weighted by atomic mass is 16.3. The fraction of sp³-hybridized carbons (Fsp3) is 0.875. The molecule has 1 aliphatic heterocycles. The van der Waals surface area contributed by atoms with Gasteiger partial charge in [-0.1, -0.05) is 6.92 Å². The lowest BCUT2D eigenvalue weighted by molar-refractivity contribution is -0.128. The molecule has 1 heterocycles. The standard InChI is InChI=1S/C8H15NO2/c1-6-3-8(11)9(4-6)5-7(2)10/h6-7,10H,3-5H2,1-2H3/t6?,7-/m1/s1. The Morgan fingerprint density at radius 2 is 2.45 bits per heavy atom. The van der Waals surface area contributed by atoms with E-state index in [0.717, 1.165) is 6.54 Å². The highest BCUT2D eigenvalue weighted by Gasteiger charge is 2.26. The molecule has 0 spiro atoms. The van der Waals surface area contributed by atoms with Gasteiger partial charge in [-0.2, -0.15) is 0 Å². The van der Waals surface area contributed by atoms with Gasteiger partial charge in [0.15, 0.2) is 0 Å². The molecule has 0 bridgehead atoms. The van der Waals surface area contributed by atoms with Gasteiger partial charge in [-0.05, 0) is 12.8 Å². The Morgan fingerprint density at radius 1 is 1.82 bits per heavy atom. The molecule has 64 valence electrons. The van der Waals surface area contributed by atoms with Crippen LogP contribution in [0.1, 0.15) is 20.3 Å². The molecule has 0 radical (unpaired) electrons. The average molecular weight is 157 g/mol. The smallest absolute Gasteiger partial charge is 0.223 e. The third kappa shape index (κ3) is 2.19. The number of likely N-dealkylation sites (tertiary alicyclic amines) is 1. The molecule has 11 heavy (non-hydrogen) atoms. The number of aliphatic hydroxyl groups is 1. The van der Waals surface area contributed by atoms with Gasteiger partial charge < -0.3 is 10.0 Å². The number of rotatable bonds is 2. The summed E-state index contributed by atoms with van der Waals surface area (Å²) in [5.41, 5.74) is 0. The van der Waals surface area contributed by atoms with Gasteiger partial charge in [0.1, 0.15) is 0 Å². The fourth-order valence-corrected chi connectivity index (χ4v) is 1.47. The molecule has 1 amide bonds. The molecule has 1 fully saturated rings. The van der Waals surface area contributed by atoms with E-state index in [1.165, 1.54) is 0 Å². The predicted octanol–water partition coefficient (Wildman–Crippen LogP) is 0.236. The Hall–Kier alpha value is -0.570. The van der Waals surface area contributed by atoms with Crippen LogP contribution in [0.3, 0.4) is 0 Å². The van der Waals surface area contributed by atoms with Crippen LogP contribution in [0, 0.1) is 5.92 Å². The van der Waals surface area contributed by atoms with Crippen molar-refractivity contribution < 1.29 is 9.90 Å². The topological polar surface area (TPSA) is 40.5 Å². The van der Waals surface area contributed by atoms with Crippen LogP contribution < -0.4 is 0 Å². The molecule has 3 nitrogen and oxygen atoms in total. The molecule has 0 saturated carbocycles. The first-order valence-electron chi connectivity index (χ1n) is 4.05. The lowest BCUT2D eigenvalue weighted by Crippen LogP contribution is -2.32. The van der Waals surface area contributed by atoms with Gasteiger partial charge in [-0.15, -0.1) is 0 Å². The molecule has 1 rings (SSSR count). The van der Waals surface area contributed by atoms with Crippen LogP contribution in [0.5, 0.6) is 0 Å². The number of carbonyl (C=O) groups excluding carboxylic acids is 1. The van der Waals surface area contributed by atoms with E-state index in [1.807, 2.05) is 0 Å². The zero-order valence-electron chi connectivity index (χ0n) is 7.08. The van der Waals surface area contributed by atoms with E-state index in [4.69, 9.17) is 5.11 Å². The maximum Gasteiger partial charge on any atom is 0.223 e. The molecule has 1 saturated heterocycles. The Bertz CT molecular complexity index is 156. The van der Waals surface area contributed by atoms with Gasteiger partial charge in [-0.25, -0.2) is 0 Å². The molecule has 3 heteroatoms. The Balaban J connectivity index is 2.41. The minimum absolute atomic E-state index is 0.179. The highest BCUT2D eigenvalue weighted by molar-refractivity contribution is 5.78. The van der Waals surface area contributed by atoms with E-state index in [9.17, 15) is 4.79 Å². The van der Waals surface area contributed by atoms with E-state index < -0.39 is 6.10 Å². The third-order valence-corrected chi connectivity index (χ3v) is 1.89. The second kappa shape index (κ2) is 3.22. The number of β-amino-alcohol motifs (C(OH)–C–C–N with tert-alkyl or cyclic N) is 1. The normalized spacial score (nSPS) is 27.7. The number of amides is 1. The summed E-state index contributed by atoms with van der Waals surface area (Å²) in [5.74, 6) is 0.639. The van der Waals surface area contributed by atoms with Gasteiger partial charge in [0.25, 0.3) is 0 Å². The van der Waals surface area contributed by atoms with Crippen molar-refractivity contribution in [3.63, 3.8) is 0 Å². The molecule has 0 aromatic heterocycles. The van der Waals surface area contributed by atoms with Crippen molar-refractivity contribution in [3.8, 4) is 0 Å². The summed E-state index contributed by atoms with van der Waals surface area (Å²) in [4.78, 5) is 12.9. The van der Waals surface area contributed by atoms with Gasteiger partial charge in [-0.3, -0.25) is 4.79 Å². The Kier molecular flexibility index (Phi) is 2.49. The predicted molar refractivity (Wildman–Crippen MR) is 42.0 cm³/mol. The zero-order valence-corrected chi connectivity index (χ0v) is 7.08. The first-order valence-corrected chi connectivity index (χ1v) is 4.05. The van der Waals surface area contributed by atoms with Crippen LogP contribution in [0.25, 0.3) is 0 Å². The molecule has 0 aromatic carbocycles. The van der Waals surface area contributed by atoms with E-state index in [2.05, 4.69) is 6.92 Å². The number of hydrogen-bond donors (Lipinski definition) is 1. The molecule has 1 N–H and O–H groups in total. The monoisotopic (exact) mass is 157 g/mol. The molecule has 2 atom stereocenters. The maximum atomic E-state index is 11.1. The van der Waals surface area contributed by atoms with Crippen LogP contribution in [0.2, 0.25) is 0 Å². The van der Waals surface area contributed by atoms with Crippen molar-refractivity contribution in [2.75, 3.05) is 13.1 Å². The maximum absolute atomic E-state index is 11.1. The summed E-state index contributed by atoms with van der Waals surface area (Å²) in [6.45, 7) is 5.06. The fourth-order valence-electron chi connectivity index (χ4n) is 1.47. The highest BCUT2D eigenvalue weighted by Crippen LogP contribution is 2.16. The molecular formula is C8H15NO2. The minimum Gasteiger partial charge on any atom is -0.392 e. The largest absolute Gasteiger partial charge is 0.392 e. The second-order valence-electron chi connectivity index (χ2n) is 3.46. The van der Waals surface area contributed by atoms with Crippen LogP contribution in [0.4, 0.5) is 0 Å². The van der Waals surface area contributed by atoms with Gasteiger partial charge in [0, 0.05) is 19.5 Å². The van der Waals surface area contributed by atoms with Gasteiger partial charge >= 0.3 is 0 Å². The molecule has 0 aromatic rings. The third-order valence-electron chi connectivity index (χ3n) is 1.89. The minimum atomic E-state index is -0.399. The molecule has 0 aliphatic carbocycles. The van der Waals surface area contributed by atoms with Crippen LogP contribution in [-0.2, 0) is 4.79 Å². The number of carbonyl (C=O) groups is 1. The van der Waals surface area contributed by atoms with Crippen LogP contribution in [-0.4, -0.2) is 35.1 Å². The Morgan fingerprint density at radius 3 is 2.82 bits per heavy atom. The van der Waals surface area contributed by atoms with E-state index in [0.29, 0.717) is 18.9 Å². The van der Waals surface area contributed by atoms with Crippen molar-refractivity contribution in [1.29, 1.82) is 0 Å².